The van der Waals surface area contributed by atoms with Crippen molar-refractivity contribution in [2.45, 2.75) is 6.18 Å². The number of anilines is 1. The molecule has 19 heavy (non-hydrogen) atoms. The molecule has 0 bridgehead atoms. The van der Waals surface area contributed by atoms with Crippen molar-refractivity contribution in [3.05, 3.63) is 22.8 Å². The van der Waals surface area contributed by atoms with Crippen LogP contribution in [0.3, 0.4) is 0 Å². The zero-order chi connectivity index (χ0) is 14.5. The van der Waals surface area contributed by atoms with Crippen LogP contribution in [0, 0.1) is 0 Å². The van der Waals surface area contributed by atoms with Crippen LogP contribution in [-0.2, 0) is 4.74 Å². The average Bonchev–Trinajstić information content (AvgIpc) is 2.28. The fourth-order valence-corrected chi connectivity index (χ4v) is 1.42. The Morgan fingerprint density at radius 2 is 2.21 bits per heavy atom. The van der Waals surface area contributed by atoms with E-state index in [1.165, 1.54) is 12.3 Å². The number of hydrogen-bond donors (Lipinski definition) is 2. The van der Waals surface area contributed by atoms with E-state index in [0.717, 1.165) is 0 Å². The Labute approximate surface area is 111 Å². The summed E-state index contributed by atoms with van der Waals surface area (Å²) in [6, 6.07) is 1.22. The smallest absolute Gasteiger partial charge is 0.411 e. The third-order valence-corrected chi connectivity index (χ3v) is 2.31. The summed E-state index contributed by atoms with van der Waals surface area (Å²) in [4.78, 5) is 14.6. The van der Waals surface area contributed by atoms with Gasteiger partial charge in [0.2, 0.25) is 0 Å². The fourth-order valence-electron chi connectivity index (χ4n) is 1.16. The molecule has 0 fully saturated rings. The third kappa shape index (κ3) is 5.31. The van der Waals surface area contributed by atoms with Crippen LogP contribution in [0.5, 0.6) is 0 Å². The van der Waals surface area contributed by atoms with E-state index in [0.29, 0.717) is 0 Å². The molecule has 5 nitrogen and oxygen atoms in total. The molecule has 2 N–H and O–H groups in total. The van der Waals surface area contributed by atoms with E-state index in [-0.39, 0.29) is 29.6 Å². The number of carboxylic acid groups (broad SMARTS) is 1. The monoisotopic (exact) mass is 298 g/mol. The van der Waals surface area contributed by atoms with Crippen LogP contribution < -0.4 is 5.32 Å². The van der Waals surface area contributed by atoms with Crippen LogP contribution >= 0.6 is 11.6 Å². The van der Waals surface area contributed by atoms with Gasteiger partial charge in [-0.2, -0.15) is 13.2 Å². The highest BCUT2D eigenvalue weighted by Crippen LogP contribution is 2.23. The van der Waals surface area contributed by atoms with Crippen molar-refractivity contribution in [3.63, 3.8) is 0 Å². The van der Waals surface area contributed by atoms with Crippen molar-refractivity contribution in [3.8, 4) is 0 Å². The Bertz CT molecular complexity index is 454. The van der Waals surface area contributed by atoms with Crippen LogP contribution in [0.4, 0.5) is 19.0 Å². The summed E-state index contributed by atoms with van der Waals surface area (Å²) in [5, 5.41) is 11.3. The van der Waals surface area contributed by atoms with Crippen LogP contribution in [0.1, 0.15) is 10.4 Å². The van der Waals surface area contributed by atoms with Gasteiger partial charge in [-0.05, 0) is 6.07 Å². The van der Waals surface area contributed by atoms with Crippen LogP contribution in [0.25, 0.3) is 0 Å². The van der Waals surface area contributed by atoms with Gasteiger partial charge >= 0.3 is 12.1 Å². The summed E-state index contributed by atoms with van der Waals surface area (Å²) in [6.45, 7) is -1.54. The fraction of sp³-hybridized carbons (Fsp3) is 0.400. The number of pyridine rings is 1. The summed E-state index contributed by atoms with van der Waals surface area (Å²) in [7, 11) is 0. The number of ether oxygens (including phenoxy) is 1. The van der Waals surface area contributed by atoms with Gasteiger partial charge in [0.25, 0.3) is 0 Å². The normalized spacial score (nSPS) is 11.4. The lowest BCUT2D eigenvalue weighted by atomic mass is 10.2. The number of nitrogens with one attached hydrogen (secondary N) is 1. The second-order valence-corrected chi connectivity index (χ2v) is 3.80. The maximum Gasteiger partial charge on any atom is 0.411 e. The van der Waals surface area contributed by atoms with Gasteiger partial charge < -0.3 is 15.2 Å². The molecule has 1 aromatic rings. The Kier molecular flexibility index (Phi) is 5.37. The van der Waals surface area contributed by atoms with Gasteiger partial charge in [0.15, 0.2) is 0 Å². The lowest BCUT2D eigenvalue weighted by Gasteiger charge is -2.10. The molecule has 0 saturated carbocycles. The van der Waals surface area contributed by atoms with Crippen molar-refractivity contribution < 1.29 is 27.8 Å². The van der Waals surface area contributed by atoms with Crippen molar-refractivity contribution in [2.24, 2.45) is 0 Å². The zero-order valence-electron chi connectivity index (χ0n) is 9.50. The standard InChI is InChI=1S/C10H10ClF3N2O3/c11-7-6(9(17)18)1-2-15-8(7)16-3-4-19-5-10(12,13)14/h1-2H,3-5H2,(H,15,16)(H,17,18). The molecule has 0 aromatic carbocycles. The first-order valence-corrected chi connectivity index (χ1v) is 5.45. The Hall–Kier alpha value is -1.54. The maximum absolute atomic E-state index is 11.8. The second kappa shape index (κ2) is 6.58. The molecule has 0 aliphatic rings. The number of aromatic nitrogens is 1. The van der Waals surface area contributed by atoms with Crippen molar-refractivity contribution in [1.82, 2.24) is 4.98 Å². The summed E-state index contributed by atoms with van der Waals surface area (Å²) < 4.78 is 39.7. The lowest BCUT2D eigenvalue weighted by Crippen LogP contribution is -2.20. The molecule has 106 valence electrons. The predicted octanol–water partition coefficient (Wildman–Crippen LogP) is 2.42. The van der Waals surface area contributed by atoms with Crippen molar-refractivity contribution in [2.75, 3.05) is 25.1 Å². The van der Waals surface area contributed by atoms with Gasteiger partial charge in [-0.25, -0.2) is 9.78 Å². The average molecular weight is 299 g/mol. The summed E-state index contributed by atoms with van der Waals surface area (Å²) in [5.74, 6) is -1.14. The molecule has 0 unspecified atom stereocenters. The molecule has 1 heterocycles. The topological polar surface area (TPSA) is 71.5 Å². The number of carboxylic acids is 1. The molecule has 0 spiro atoms. The largest absolute Gasteiger partial charge is 0.478 e. The predicted molar refractivity (Wildman–Crippen MR) is 61.6 cm³/mol. The van der Waals surface area contributed by atoms with E-state index in [9.17, 15) is 18.0 Å². The van der Waals surface area contributed by atoms with Crippen LogP contribution in [0.2, 0.25) is 5.02 Å². The van der Waals surface area contributed by atoms with E-state index in [1.807, 2.05) is 0 Å². The van der Waals surface area contributed by atoms with Crippen molar-refractivity contribution >= 4 is 23.4 Å². The van der Waals surface area contributed by atoms with Crippen LogP contribution in [0.15, 0.2) is 12.3 Å². The van der Waals surface area contributed by atoms with Gasteiger partial charge in [0, 0.05) is 12.7 Å². The van der Waals surface area contributed by atoms with Crippen molar-refractivity contribution in [1.29, 1.82) is 0 Å². The van der Waals surface area contributed by atoms with E-state index in [4.69, 9.17) is 16.7 Å². The highest BCUT2D eigenvalue weighted by molar-refractivity contribution is 6.35. The molecule has 0 radical (unpaired) electrons. The number of nitrogens with zero attached hydrogens (tertiary/aromatic N) is 1. The summed E-state index contributed by atoms with van der Waals surface area (Å²) >= 11 is 5.76. The highest BCUT2D eigenvalue weighted by Gasteiger charge is 2.27. The molecule has 9 heteroatoms. The van der Waals surface area contributed by atoms with Gasteiger partial charge in [-0.15, -0.1) is 0 Å². The quantitative estimate of drug-likeness (QED) is 0.789. The first-order valence-electron chi connectivity index (χ1n) is 5.07. The third-order valence-electron chi connectivity index (χ3n) is 1.92. The molecule has 0 aliphatic carbocycles. The molecule has 0 aliphatic heterocycles. The Balaban J connectivity index is 2.46. The number of aromatic carboxylic acids is 1. The minimum Gasteiger partial charge on any atom is -0.478 e. The highest BCUT2D eigenvalue weighted by atomic mass is 35.5. The molecule has 1 rings (SSSR count). The van der Waals surface area contributed by atoms with Crippen LogP contribution in [-0.4, -0.2) is 42.0 Å². The molecule has 0 atom stereocenters. The summed E-state index contributed by atoms with van der Waals surface area (Å²) in [6.07, 6.45) is -3.15. The van der Waals surface area contributed by atoms with Gasteiger partial charge in [0.1, 0.15) is 12.4 Å². The second-order valence-electron chi connectivity index (χ2n) is 3.42. The molecule has 1 aromatic heterocycles. The van der Waals surface area contributed by atoms with E-state index in [2.05, 4.69) is 15.0 Å². The molecule has 0 saturated heterocycles. The molecule has 0 amide bonds. The number of halogens is 4. The lowest BCUT2D eigenvalue weighted by molar-refractivity contribution is -0.172. The number of carbonyl (C=O) groups is 1. The first kappa shape index (κ1) is 15.5. The maximum atomic E-state index is 11.8. The summed E-state index contributed by atoms with van der Waals surface area (Å²) in [5.41, 5.74) is -0.143. The van der Waals surface area contributed by atoms with E-state index < -0.39 is 18.8 Å². The Morgan fingerprint density at radius 1 is 1.53 bits per heavy atom. The minimum atomic E-state index is -4.38. The SMILES string of the molecule is O=C(O)c1ccnc(NCCOCC(F)(F)F)c1Cl. The Morgan fingerprint density at radius 3 is 2.79 bits per heavy atom. The van der Waals surface area contributed by atoms with E-state index in [1.54, 1.807) is 0 Å². The minimum absolute atomic E-state index is 0.0197. The van der Waals surface area contributed by atoms with Gasteiger partial charge in [-0.3, -0.25) is 0 Å². The van der Waals surface area contributed by atoms with Gasteiger partial charge in [-0.1, -0.05) is 11.6 Å². The molecular formula is C10H10ClF3N2O3. The van der Waals surface area contributed by atoms with Gasteiger partial charge in [0.05, 0.1) is 17.2 Å². The van der Waals surface area contributed by atoms with E-state index >= 15 is 0 Å². The number of alkyl halides is 3. The first-order chi connectivity index (χ1) is 8.81. The zero-order valence-corrected chi connectivity index (χ0v) is 10.3. The number of rotatable bonds is 6. The number of hydrogen-bond acceptors (Lipinski definition) is 4. The molecular weight excluding hydrogens is 289 g/mol.